The van der Waals surface area contributed by atoms with Gasteiger partial charge in [0.05, 0.1) is 0 Å². The van der Waals surface area contributed by atoms with Crippen molar-refractivity contribution in [2.75, 3.05) is 39.3 Å². The van der Waals surface area contributed by atoms with Crippen LogP contribution in [0, 0.1) is 11.8 Å². The summed E-state index contributed by atoms with van der Waals surface area (Å²) in [4.78, 5) is 29.4. The van der Waals surface area contributed by atoms with Gasteiger partial charge in [0.2, 0.25) is 11.8 Å². The van der Waals surface area contributed by atoms with Gasteiger partial charge in [-0.05, 0) is 75.8 Å². The molecule has 2 aliphatic rings. The Hall–Kier alpha value is -1.92. The van der Waals surface area contributed by atoms with Gasteiger partial charge in [-0.1, -0.05) is 38.1 Å². The Kier molecular flexibility index (Phi) is 10.0. The zero-order valence-corrected chi connectivity index (χ0v) is 20.1. The molecule has 2 saturated heterocycles. The molecule has 0 aromatic heterocycles. The van der Waals surface area contributed by atoms with Crippen LogP contribution in [0.5, 0.6) is 0 Å². The predicted molar refractivity (Wildman–Crippen MR) is 129 cm³/mol. The highest BCUT2D eigenvalue weighted by atomic mass is 16.2. The molecule has 178 valence electrons. The van der Waals surface area contributed by atoms with Gasteiger partial charge in [-0.15, -0.1) is 0 Å². The fourth-order valence-corrected chi connectivity index (χ4v) is 4.83. The van der Waals surface area contributed by atoms with E-state index in [0.717, 1.165) is 90.9 Å². The van der Waals surface area contributed by atoms with Crippen molar-refractivity contribution >= 4 is 11.8 Å². The maximum Gasteiger partial charge on any atom is 0.223 e. The molecule has 2 aliphatic heterocycles. The number of carbonyl (C=O) groups excluding carboxylic acids is 2. The minimum atomic E-state index is 0.177. The lowest BCUT2D eigenvalue weighted by Crippen LogP contribution is -2.40. The van der Waals surface area contributed by atoms with Gasteiger partial charge < -0.3 is 10.6 Å². The Bertz CT molecular complexity index is 665. The number of amides is 2. The Labute approximate surface area is 194 Å². The zero-order chi connectivity index (χ0) is 22.8. The Morgan fingerprint density at radius 3 is 1.56 bits per heavy atom. The lowest BCUT2D eigenvalue weighted by molar-refractivity contribution is -0.127. The standard InChI is InChI=1S/C26H42N4O2/c1-3-12-27-25(31)23-8-14-29(15-9-23)19-21-6-5-7-22(18-21)20-30-16-10-24(11-17-30)26(32)28-13-4-2/h5-7,18,23-24H,3-4,8-17,19-20H2,1-2H3,(H,27,31)(H,28,32). The summed E-state index contributed by atoms with van der Waals surface area (Å²) in [6.45, 7) is 11.6. The molecule has 32 heavy (non-hydrogen) atoms. The van der Waals surface area contributed by atoms with Crippen molar-refractivity contribution in [3.8, 4) is 0 Å². The van der Waals surface area contributed by atoms with Crippen molar-refractivity contribution in [2.24, 2.45) is 11.8 Å². The van der Waals surface area contributed by atoms with E-state index in [9.17, 15) is 9.59 Å². The number of likely N-dealkylation sites (tertiary alicyclic amines) is 2. The van der Waals surface area contributed by atoms with E-state index in [4.69, 9.17) is 0 Å². The summed E-state index contributed by atoms with van der Waals surface area (Å²) in [5.41, 5.74) is 2.70. The third-order valence-corrected chi connectivity index (χ3v) is 6.82. The average molecular weight is 443 g/mol. The van der Waals surface area contributed by atoms with Crippen molar-refractivity contribution in [2.45, 2.75) is 65.5 Å². The first-order valence-electron chi connectivity index (χ1n) is 12.7. The fourth-order valence-electron chi connectivity index (χ4n) is 4.83. The molecule has 0 aliphatic carbocycles. The first-order chi connectivity index (χ1) is 15.6. The van der Waals surface area contributed by atoms with E-state index in [1.54, 1.807) is 0 Å². The van der Waals surface area contributed by atoms with E-state index in [1.165, 1.54) is 11.1 Å². The summed E-state index contributed by atoms with van der Waals surface area (Å²) < 4.78 is 0. The summed E-state index contributed by atoms with van der Waals surface area (Å²) in [5.74, 6) is 0.826. The van der Waals surface area contributed by atoms with Crippen molar-refractivity contribution in [3.05, 3.63) is 35.4 Å². The minimum Gasteiger partial charge on any atom is -0.356 e. The van der Waals surface area contributed by atoms with Gasteiger partial charge in [0, 0.05) is 38.0 Å². The van der Waals surface area contributed by atoms with E-state index in [1.807, 2.05) is 0 Å². The van der Waals surface area contributed by atoms with Crippen LogP contribution in [0.25, 0.3) is 0 Å². The van der Waals surface area contributed by atoms with Gasteiger partial charge in [-0.2, -0.15) is 0 Å². The quantitative estimate of drug-likeness (QED) is 0.584. The molecule has 0 atom stereocenters. The van der Waals surface area contributed by atoms with Gasteiger partial charge in [-0.25, -0.2) is 0 Å². The van der Waals surface area contributed by atoms with Crippen LogP contribution >= 0.6 is 0 Å². The highest BCUT2D eigenvalue weighted by Crippen LogP contribution is 2.22. The number of benzene rings is 1. The van der Waals surface area contributed by atoms with Gasteiger partial charge in [0.1, 0.15) is 0 Å². The van der Waals surface area contributed by atoms with Crippen molar-refractivity contribution in [1.29, 1.82) is 0 Å². The Morgan fingerprint density at radius 2 is 1.19 bits per heavy atom. The molecular formula is C26H42N4O2. The molecule has 6 heteroatoms. The molecule has 2 amide bonds. The second-order valence-electron chi connectivity index (χ2n) is 9.50. The normalized spacial score (nSPS) is 19.1. The number of rotatable bonds is 10. The zero-order valence-electron chi connectivity index (χ0n) is 20.1. The summed E-state index contributed by atoms with van der Waals surface area (Å²) in [7, 11) is 0. The van der Waals surface area contributed by atoms with Crippen LogP contribution < -0.4 is 10.6 Å². The van der Waals surface area contributed by atoms with E-state index >= 15 is 0 Å². The summed E-state index contributed by atoms with van der Waals surface area (Å²) in [5, 5.41) is 6.09. The van der Waals surface area contributed by atoms with E-state index in [-0.39, 0.29) is 23.7 Å². The topological polar surface area (TPSA) is 64.7 Å². The first-order valence-corrected chi connectivity index (χ1v) is 12.7. The number of nitrogens with zero attached hydrogens (tertiary/aromatic N) is 2. The van der Waals surface area contributed by atoms with E-state index in [0.29, 0.717) is 0 Å². The molecular weight excluding hydrogens is 400 g/mol. The number of hydrogen-bond donors (Lipinski definition) is 2. The molecule has 2 N–H and O–H groups in total. The van der Waals surface area contributed by atoms with Crippen LogP contribution in [0.15, 0.2) is 24.3 Å². The van der Waals surface area contributed by atoms with Gasteiger partial charge in [-0.3, -0.25) is 19.4 Å². The molecule has 0 spiro atoms. The highest BCUT2D eigenvalue weighted by molar-refractivity contribution is 5.79. The molecule has 6 nitrogen and oxygen atoms in total. The van der Waals surface area contributed by atoms with E-state index < -0.39 is 0 Å². The molecule has 1 aromatic carbocycles. The van der Waals surface area contributed by atoms with Gasteiger partial charge in [0.15, 0.2) is 0 Å². The van der Waals surface area contributed by atoms with Crippen LogP contribution in [-0.4, -0.2) is 60.9 Å². The average Bonchev–Trinajstić information content (AvgIpc) is 2.82. The maximum atomic E-state index is 12.2. The SMILES string of the molecule is CCCNC(=O)C1CCN(Cc2cccc(CN3CCC(C(=O)NCCC)CC3)c2)CC1. The number of carbonyl (C=O) groups is 2. The maximum absolute atomic E-state index is 12.2. The van der Waals surface area contributed by atoms with Crippen LogP contribution in [-0.2, 0) is 22.7 Å². The summed E-state index contributed by atoms with van der Waals surface area (Å²) in [6.07, 6.45) is 5.80. The highest BCUT2D eigenvalue weighted by Gasteiger charge is 2.26. The molecule has 3 rings (SSSR count). The number of hydrogen-bond acceptors (Lipinski definition) is 4. The largest absolute Gasteiger partial charge is 0.356 e. The third kappa shape index (κ3) is 7.59. The van der Waals surface area contributed by atoms with Crippen molar-refractivity contribution < 1.29 is 9.59 Å². The molecule has 0 bridgehead atoms. The molecule has 0 radical (unpaired) electrons. The lowest BCUT2D eigenvalue weighted by atomic mass is 9.95. The minimum absolute atomic E-state index is 0.177. The smallest absolute Gasteiger partial charge is 0.223 e. The van der Waals surface area contributed by atoms with Crippen LogP contribution in [0.3, 0.4) is 0 Å². The Balaban J connectivity index is 1.41. The second-order valence-corrected chi connectivity index (χ2v) is 9.50. The summed E-state index contributed by atoms with van der Waals surface area (Å²) >= 11 is 0. The van der Waals surface area contributed by atoms with Crippen molar-refractivity contribution in [3.63, 3.8) is 0 Å². The second kappa shape index (κ2) is 12.9. The number of nitrogens with one attached hydrogen (secondary N) is 2. The van der Waals surface area contributed by atoms with Crippen LogP contribution in [0.4, 0.5) is 0 Å². The Morgan fingerprint density at radius 1 is 0.781 bits per heavy atom. The molecule has 2 heterocycles. The van der Waals surface area contributed by atoms with E-state index in [2.05, 4.69) is 58.5 Å². The molecule has 2 fully saturated rings. The first kappa shape index (κ1) is 24.7. The molecule has 0 unspecified atom stereocenters. The van der Waals surface area contributed by atoms with Crippen molar-refractivity contribution in [1.82, 2.24) is 20.4 Å². The predicted octanol–water partition coefficient (Wildman–Crippen LogP) is 3.16. The summed E-state index contributed by atoms with van der Waals surface area (Å²) in [6, 6.07) is 8.93. The third-order valence-electron chi connectivity index (χ3n) is 6.82. The van der Waals surface area contributed by atoms with Crippen LogP contribution in [0.2, 0.25) is 0 Å². The van der Waals surface area contributed by atoms with Crippen LogP contribution in [0.1, 0.15) is 63.5 Å². The van der Waals surface area contributed by atoms with Gasteiger partial charge in [0.25, 0.3) is 0 Å². The molecule has 0 saturated carbocycles. The van der Waals surface area contributed by atoms with Gasteiger partial charge >= 0.3 is 0 Å². The molecule has 1 aromatic rings. The lowest BCUT2D eigenvalue weighted by Gasteiger charge is -2.32. The fraction of sp³-hybridized carbons (Fsp3) is 0.692. The monoisotopic (exact) mass is 442 g/mol. The number of piperidine rings is 2.